The van der Waals surface area contributed by atoms with Crippen molar-refractivity contribution in [2.75, 3.05) is 0 Å². The number of halogens is 1. The molecular weight excluding hydrogens is 294 g/mol. The van der Waals surface area contributed by atoms with E-state index in [0.29, 0.717) is 5.82 Å². The number of benzene rings is 1. The van der Waals surface area contributed by atoms with Gasteiger partial charge in [-0.3, -0.25) is 9.48 Å². The standard InChI is InChI=1S/C13H14BrN3O/c1-8-4-10(5-9(2)13(8)14)11(18)6-12-15-7-16-17(12)3/h4-5,7H,6H2,1-3H3. The Hall–Kier alpha value is -1.49. The lowest BCUT2D eigenvalue weighted by atomic mass is 10.0. The van der Waals surface area contributed by atoms with Crippen LogP contribution in [0.4, 0.5) is 0 Å². The molecule has 0 radical (unpaired) electrons. The molecule has 2 rings (SSSR count). The third kappa shape index (κ3) is 2.51. The summed E-state index contributed by atoms with van der Waals surface area (Å²) in [5.41, 5.74) is 2.85. The average molecular weight is 308 g/mol. The topological polar surface area (TPSA) is 47.8 Å². The van der Waals surface area contributed by atoms with E-state index in [-0.39, 0.29) is 12.2 Å². The zero-order valence-electron chi connectivity index (χ0n) is 10.6. The number of aryl methyl sites for hydroxylation is 3. The summed E-state index contributed by atoms with van der Waals surface area (Å²) in [6.07, 6.45) is 1.73. The maximum absolute atomic E-state index is 12.2. The van der Waals surface area contributed by atoms with E-state index in [2.05, 4.69) is 26.0 Å². The molecule has 0 atom stereocenters. The normalized spacial score (nSPS) is 10.7. The van der Waals surface area contributed by atoms with Crippen molar-refractivity contribution in [3.05, 3.63) is 45.4 Å². The summed E-state index contributed by atoms with van der Waals surface area (Å²) in [6.45, 7) is 3.96. The fourth-order valence-corrected chi connectivity index (χ4v) is 2.06. The smallest absolute Gasteiger partial charge is 0.170 e. The van der Waals surface area contributed by atoms with Crippen LogP contribution in [-0.2, 0) is 13.5 Å². The highest BCUT2D eigenvalue weighted by molar-refractivity contribution is 9.10. The van der Waals surface area contributed by atoms with Crippen molar-refractivity contribution >= 4 is 21.7 Å². The van der Waals surface area contributed by atoms with Gasteiger partial charge in [0.25, 0.3) is 0 Å². The van der Waals surface area contributed by atoms with Crippen LogP contribution >= 0.6 is 15.9 Å². The molecule has 0 fully saturated rings. The molecule has 1 heterocycles. The van der Waals surface area contributed by atoms with Gasteiger partial charge in [-0.2, -0.15) is 5.10 Å². The van der Waals surface area contributed by atoms with E-state index in [1.165, 1.54) is 6.33 Å². The van der Waals surface area contributed by atoms with Crippen LogP contribution in [0.3, 0.4) is 0 Å². The van der Waals surface area contributed by atoms with Crippen LogP contribution in [0.5, 0.6) is 0 Å². The highest BCUT2D eigenvalue weighted by atomic mass is 79.9. The van der Waals surface area contributed by atoms with Crippen LogP contribution in [0.2, 0.25) is 0 Å². The van der Waals surface area contributed by atoms with E-state index in [1.54, 1.807) is 11.7 Å². The van der Waals surface area contributed by atoms with Crippen molar-refractivity contribution in [1.29, 1.82) is 0 Å². The SMILES string of the molecule is Cc1cc(C(=O)Cc2ncnn2C)cc(C)c1Br. The highest BCUT2D eigenvalue weighted by Crippen LogP contribution is 2.23. The Labute approximate surface area is 114 Å². The number of carbonyl (C=O) groups excluding carboxylic acids is 1. The Balaban J connectivity index is 2.27. The van der Waals surface area contributed by atoms with Gasteiger partial charge < -0.3 is 0 Å². The molecule has 0 bridgehead atoms. The van der Waals surface area contributed by atoms with E-state index in [9.17, 15) is 4.79 Å². The van der Waals surface area contributed by atoms with Crippen LogP contribution in [-0.4, -0.2) is 20.5 Å². The van der Waals surface area contributed by atoms with Gasteiger partial charge in [0.1, 0.15) is 12.2 Å². The Morgan fingerprint density at radius 1 is 1.33 bits per heavy atom. The molecule has 0 aliphatic heterocycles. The third-order valence-electron chi connectivity index (χ3n) is 2.88. The second-order valence-corrected chi connectivity index (χ2v) is 5.12. The average Bonchev–Trinajstić information content (AvgIpc) is 2.71. The fraction of sp³-hybridized carbons (Fsp3) is 0.308. The number of hydrogen-bond acceptors (Lipinski definition) is 3. The number of hydrogen-bond donors (Lipinski definition) is 0. The van der Waals surface area contributed by atoms with E-state index in [0.717, 1.165) is 21.2 Å². The number of aromatic nitrogens is 3. The fourth-order valence-electron chi connectivity index (χ4n) is 1.83. The molecule has 1 aromatic carbocycles. The summed E-state index contributed by atoms with van der Waals surface area (Å²) in [7, 11) is 1.79. The summed E-state index contributed by atoms with van der Waals surface area (Å²) in [5.74, 6) is 0.739. The molecule has 18 heavy (non-hydrogen) atoms. The molecule has 0 aliphatic carbocycles. The number of ketones is 1. The lowest BCUT2D eigenvalue weighted by molar-refractivity contribution is 0.0989. The molecule has 0 saturated heterocycles. The molecule has 5 heteroatoms. The lowest BCUT2D eigenvalue weighted by Crippen LogP contribution is -2.09. The van der Waals surface area contributed by atoms with Crippen LogP contribution in [0.15, 0.2) is 22.9 Å². The van der Waals surface area contributed by atoms with Gasteiger partial charge in [0.05, 0.1) is 6.42 Å². The summed E-state index contributed by atoms with van der Waals surface area (Å²) in [4.78, 5) is 16.2. The molecule has 0 saturated carbocycles. The van der Waals surface area contributed by atoms with Crippen molar-refractivity contribution in [1.82, 2.24) is 14.8 Å². The predicted molar refractivity (Wildman–Crippen MR) is 72.7 cm³/mol. The summed E-state index contributed by atoms with van der Waals surface area (Å²) in [6, 6.07) is 3.80. The van der Waals surface area contributed by atoms with Gasteiger partial charge in [-0.05, 0) is 37.1 Å². The van der Waals surface area contributed by atoms with E-state index in [1.807, 2.05) is 26.0 Å². The van der Waals surface area contributed by atoms with E-state index >= 15 is 0 Å². The molecule has 0 aliphatic rings. The summed E-state index contributed by atoms with van der Waals surface area (Å²) >= 11 is 3.50. The molecular formula is C13H14BrN3O. The molecule has 0 unspecified atom stereocenters. The van der Waals surface area contributed by atoms with Crippen molar-refractivity contribution in [3.8, 4) is 0 Å². The maximum Gasteiger partial charge on any atom is 0.170 e. The largest absolute Gasteiger partial charge is 0.294 e. The zero-order valence-corrected chi connectivity index (χ0v) is 12.2. The van der Waals surface area contributed by atoms with Gasteiger partial charge in [0.15, 0.2) is 5.78 Å². The number of carbonyl (C=O) groups is 1. The first-order chi connectivity index (χ1) is 8.49. The Morgan fingerprint density at radius 3 is 2.44 bits per heavy atom. The van der Waals surface area contributed by atoms with Crippen LogP contribution < -0.4 is 0 Å². The Morgan fingerprint density at radius 2 is 1.94 bits per heavy atom. The highest BCUT2D eigenvalue weighted by Gasteiger charge is 2.13. The van der Waals surface area contributed by atoms with Crippen molar-refractivity contribution in [2.24, 2.45) is 7.05 Å². The minimum atomic E-state index is 0.0600. The number of Topliss-reactive ketones (excluding diaryl/α,β-unsaturated/α-hetero) is 1. The maximum atomic E-state index is 12.2. The van der Waals surface area contributed by atoms with E-state index in [4.69, 9.17) is 0 Å². The number of rotatable bonds is 3. The van der Waals surface area contributed by atoms with Gasteiger partial charge in [0, 0.05) is 17.1 Å². The molecule has 2 aromatic rings. The van der Waals surface area contributed by atoms with Crippen LogP contribution in [0.25, 0.3) is 0 Å². The van der Waals surface area contributed by atoms with Crippen molar-refractivity contribution in [2.45, 2.75) is 20.3 Å². The second-order valence-electron chi connectivity index (χ2n) is 4.32. The number of nitrogens with zero attached hydrogens (tertiary/aromatic N) is 3. The molecule has 1 aromatic heterocycles. The minimum absolute atomic E-state index is 0.0600. The zero-order chi connectivity index (χ0) is 13.3. The Bertz CT molecular complexity index is 581. The van der Waals surface area contributed by atoms with Gasteiger partial charge in [-0.15, -0.1) is 0 Å². The molecule has 0 spiro atoms. The minimum Gasteiger partial charge on any atom is -0.294 e. The molecule has 0 N–H and O–H groups in total. The molecule has 94 valence electrons. The van der Waals surface area contributed by atoms with Crippen LogP contribution in [0, 0.1) is 13.8 Å². The lowest BCUT2D eigenvalue weighted by Gasteiger charge is -2.07. The summed E-state index contributed by atoms with van der Waals surface area (Å²) < 4.78 is 2.67. The molecule has 4 nitrogen and oxygen atoms in total. The van der Waals surface area contributed by atoms with Gasteiger partial charge in [0.2, 0.25) is 0 Å². The first kappa shape index (κ1) is 13.0. The van der Waals surface area contributed by atoms with E-state index < -0.39 is 0 Å². The summed E-state index contributed by atoms with van der Waals surface area (Å²) in [5, 5.41) is 3.96. The Kier molecular flexibility index (Phi) is 3.61. The van der Waals surface area contributed by atoms with Crippen molar-refractivity contribution < 1.29 is 4.79 Å². The molecule has 0 amide bonds. The van der Waals surface area contributed by atoms with Gasteiger partial charge >= 0.3 is 0 Å². The second kappa shape index (κ2) is 5.02. The monoisotopic (exact) mass is 307 g/mol. The first-order valence-electron chi connectivity index (χ1n) is 5.62. The predicted octanol–water partition coefficient (Wildman–Crippen LogP) is 2.62. The first-order valence-corrected chi connectivity index (χ1v) is 6.41. The van der Waals surface area contributed by atoms with Crippen molar-refractivity contribution in [3.63, 3.8) is 0 Å². The van der Waals surface area contributed by atoms with Crippen LogP contribution in [0.1, 0.15) is 27.3 Å². The van der Waals surface area contributed by atoms with Gasteiger partial charge in [-0.1, -0.05) is 15.9 Å². The quantitative estimate of drug-likeness (QED) is 0.819. The van der Waals surface area contributed by atoms with Gasteiger partial charge in [-0.25, -0.2) is 4.98 Å². The third-order valence-corrected chi connectivity index (χ3v) is 4.13.